The summed E-state index contributed by atoms with van der Waals surface area (Å²) < 4.78 is 1.17. The zero-order valence-electron chi connectivity index (χ0n) is 15.4. The van der Waals surface area contributed by atoms with Crippen LogP contribution in [0.4, 0.5) is 11.4 Å². The number of aliphatic imine (C=N–C) groups is 1. The lowest BCUT2D eigenvalue weighted by atomic mass is 9.88. The number of allylic oxidation sites excluding steroid dienone is 1. The van der Waals surface area contributed by atoms with Crippen LogP contribution in [-0.2, 0) is 0 Å². The van der Waals surface area contributed by atoms with Crippen LogP contribution in [0.3, 0.4) is 0 Å². The van der Waals surface area contributed by atoms with Gasteiger partial charge in [0.2, 0.25) is 0 Å². The van der Waals surface area contributed by atoms with E-state index in [0.717, 1.165) is 24.2 Å². The van der Waals surface area contributed by atoms with Gasteiger partial charge in [-0.15, -0.1) is 0 Å². The van der Waals surface area contributed by atoms with Crippen LogP contribution in [-0.4, -0.2) is 18.3 Å². The Morgan fingerprint density at radius 1 is 1.16 bits per heavy atom. The summed E-state index contributed by atoms with van der Waals surface area (Å²) in [5.41, 5.74) is 6.21. The van der Waals surface area contributed by atoms with Crippen molar-refractivity contribution in [3.8, 4) is 0 Å². The third kappa shape index (κ3) is 3.81. The van der Waals surface area contributed by atoms with Crippen LogP contribution in [0.15, 0.2) is 53.5 Å². The molecule has 0 fully saturated rings. The lowest BCUT2D eigenvalue weighted by molar-refractivity contribution is 0.550. The van der Waals surface area contributed by atoms with Gasteiger partial charge in [0.1, 0.15) is 0 Å². The highest BCUT2D eigenvalue weighted by molar-refractivity contribution is 14.1. The Bertz CT molecular complexity index is 834. The normalized spacial score (nSPS) is 16.0. The fourth-order valence-corrected chi connectivity index (χ4v) is 4.04. The number of halogens is 1. The van der Waals surface area contributed by atoms with Crippen LogP contribution in [0.2, 0.25) is 0 Å². The van der Waals surface area contributed by atoms with Gasteiger partial charge in [-0.2, -0.15) is 0 Å². The van der Waals surface area contributed by atoms with Crippen molar-refractivity contribution in [2.24, 2.45) is 4.99 Å². The fraction of sp³-hybridized carbons (Fsp3) is 0.318. The molecule has 1 aliphatic heterocycles. The van der Waals surface area contributed by atoms with E-state index in [1.54, 1.807) is 0 Å². The van der Waals surface area contributed by atoms with Crippen molar-refractivity contribution in [2.75, 3.05) is 11.4 Å². The summed E-state index contributed by atoms with van der Waals surface area (Å²) in [6, 6.07) is 14.9. The first-order chi connectivity index (χ1) is 11.9. The Morgan fingerprint density at radius 3 is 2.64 bits per heavy atom. The van der Waals surface area contributed by atoms with Crippen molar-refractivity contribution in [1.29, 1.82) is 0 Å². The number of hydrogen-bond acceptors (Lipinski definition) is 2. The number of rotatable bonds is 4. The van der Waals surface area contributed by atoms with Gasteiger partial charge >= 0.3 is 0 Å². The maximum absolute atomic E-state index is 4.67. The highest BCUT2D eigenvalue weighted by Gasteiger charge is 2.30. The molecule has 0 bridgehead atoms. The summed E-state index contributed by atoms with van der Waals surface area (Å²) in [5, 5.41) is 0. The maximum Gasteiger partial charge on any atom is 0.0763 e. The molecule has 1 heterocycles. The molecule has 0 atom stereocenters. The molecule has 130 valence electrons. The minimum atomic E-state index is 0.0584. The van der Waals surface area contributed by atoms with Gasteiger partial charge in [0, 0.05) is 27.6 Å². The fourth-order valence-electron chi connectivity index (χ4n) is 3.51. The first-order valence-corrected chi connectivity index (χ1v) is 9.90. The first kappa shape index (κ1) is 18.2. The molecule has 0 N–H and O–H groups in total. The molecule has 0 radical (unpaired) electrons. The number of para-hydroxylation sites is 1. The summed E-state index contributed by atoms with van der Waals surface area (Å²) in [4.78, 5) is 7.18. The number of anilines is 1. The molecule has 0 aliphatic carbocycles. The minimum Gasteiger partial charge on any atom is -0.362 e. The first-order valence-electron chi connectivity index (χ1n) is 8.82. The average molecular weight is 444 g/mol. The van der Waals surface area contributed by atoms with Gasteiger partial charge in [-0.05, 0) is 85.2 Å². The minimum absolute atomic E-state index is 0.0584. The monoisotopic (exact) mass is 444 g/mol. The second-order valence-corrected chi connectivity index (χ2v) is 8.28. The van der Waals surface area contributed by atoms with Crippen molar-refractivity contribution < 1.29 is 0 Å². The van der Waals surface area contributed by atoms with E-state index in [1.807, 2.05) is 24.4 Å². The predicted molar refractivity (Wildman–Crippen MR) is 118 cm³/mol. The molecule has 2 aromatic carbocycles. The Hall–Kier alpha value is -1.62. The molecule has 2 aromatic rings. The zero-order valence-corrected chi connectivity index (χ0v) is 17.5. The van der Waals surface area contributed by atoms with E-state index in [1.165, 1.54) is 20.4 Å². The molecule has 2 nitrogen and oxygen atoms in total. The van der Waals surface area contributed by atoms with Gasteiger partial charge in [-0.3, -0.25) is 4.99 Å². The van der Waals surface area contributed by atoms with Crippen molar-refractivity contribution in [2.45, 2.75) is 39.7 Å². The molecule has 0 saturated carbocycles. The molecule has 1 aliphatic rings. The molecule has 25 heavy (non-hydrogen) atoms. The molecule has 0 spiro atoms. The van der Waals surface area contributed by atoms with E-state index in [4.69, 9.17) is 0 Å². The van der Waals surface area contributed by atoms with Crippen LogP contribution >= 0.6 is 22.6 Å². The van der Waals surface area contributed by atoms with Gasteiger partial charge in [-0.25, -0.2) is 0 Å². The topological polar surface area (TPSA) is 15.6 Å². The number of benzene rings is 2. The standard InChI is InChI=1S/C22H25IN2/c1-5-12-25-21-11-10-17(13-18(21)16(2)14-22(25,3)4)15-24-20-9-7-6-8-19(20)23/h6-11,13-15H,5,12H2,1-4H3. The van der Waals surface area contributed by atoms with Crippen LogP contribution in [0, 0.1) is 3.57 Å². The highest BCUT2D eigenvalue weighted by Crippen LogP contribution is 2.39. The zero-order chi connectivity index (χ0) is 18.0. The summed E-state index contributed by atoms with van der Waals surface area (Å²) in [6.07, 6.45) is 5.49. The third-order valence-corrected chi connectivity index (χ3v) is 5.57. The molecule has 0 unspecified atom stereocenters. The van der Waals surface area contributed by atoms with Gasteiger partial charge < -0.3 is 4.90 Å². The van der Waals surface area contributed by atoms with Gasteiger partial charge in [-0.1, -0.05) is 31.2 Å². The average Bonchev–Trinajstić information content (AvgIpc) is 2.57. The van der Waals surface area contributed by atoms with Gasteiger partial charge in [0.15, 0.2) is 0 Å². The molecule has 3 rings (SSSR count). The maximum atomic E-state index is 4.67. The lowest BCUT2D eigenvalue weighted by Crippen LogP contribution is -2.45. The number of hydrogen-bond donors (Lipinski definition) is 0. The van der Waals surface area contributed by atoms with E-state index in [2.05, 4.69) is 90.5 Å². The largest absolute Gasteiger partial charge is 0.362 e. The third-order valence-electron chi connectivity index (χ3n) is 4.65. The van der Waals surface area contributed by atoms with E-state index in [9.17, 15) is 0 Å². The van der Waals surface area contributed by atoms with E-state index < -0.39 is 0 Å². The van der Waals surface area contributed by atoms with Crippen LogP contribution in [0.25, 0.3) is 5.57 Å². The Morgan fingerprint density at radius 2 is 1.92 bits per heavy atom. The SMILES string of the molecule is CCCN1c2ccc(C=Nc3ccccc3I)cc2C(C)=CC1(C)C. The van der Waals surface area contributed by atoms with E-state index >= 15 is 0 Å². The summed E-state index contributed by atoms with van der Waals surface area (Å²) in [7, 11) is 0. The Balaban J connectivity index is 1.97. The Kier molecular flexibility index (Phi) is 5.32. The van der Waals surface area contributed by atoms with Crippen molar-refractivity contribution >= 4 is 45.8 Å². The van der Waals surface area contributed by atoms with E-state index in [-0.39, 0.29) is 5.54 Å². The van der Waals surface area contributed by atoms with Gasteiger partial charge in [0.25, 0.3) is 0 Å². The lowest BCUT2D eigenvalue weighted by Gasteiger charge is -2.43. The summed E-state index contributed by atoms with van der Waals surface area (Å²) in [6.45, 7) is 10.1. The van der Waals surface area contributed by atoms with E-state index in [0.29, 0.717) is 0 Å². The molecule has 0 amide bonds. The number of fused-ring (bicyclic) bond motifs is 1. The molecule has 0 saturated heterocycles. The van der Waals surface area contributed by atoms with Crippen LogP contribution < -0.4 is 4.90 Å². The molecular formula is C22H25IN2. The number of nitrogens with zero attached hydrogens (tertiary/aromatic N) is 2. The summed E-state index contributed by atoms with van der Waals surface area (Å²) in [5.74, 6) is 0. The van der Waals surface area contributed by atoms with Gasteiger partial charge in [0.05, 0.1) is 11.2 Å². The second-order valence-electron chi connectivity index (χ2n) is 7.12. The van der Waals surface area contributed by atoms with Crippen molar-refractivity contribution in [3.63, 3.8) is 0 Å². The quantitative estimate of drug-likeness (QED) is 0.391. The molecule has 0 aromatic heterocycles. The van der Waals surface area contributed by atoms with Crippen molar-refractivity contribution in [1.82, 2.24) is 0 Å². The summed E-state index contributed by atoms with van der Waals surface area (Å²) >= 11 is 2.33. The smallest absolute Gasteiger partial charge is 0.0763 e. The molecular weight excluding hydrogens is 419 g/mol. The molecule has 3 heteroatoms. The van der Waals surface area contributed by atoms with Crippen LogP contribution in [0.1, 0.15) is 45.2 Å². The Labute approximate surface area is 164 Å². The predicted octanol–water partition coefficient (Wildman–Crippen LogP) is 6.45. The van der Waals surface area contributed by atoms with Crippen molar-refractivity contribution in [3.05, 3.63) is 63.2 Å². The second kappa shape index (κ2) is 7.32. The highest BCUT2D eigenvalue weighted by atomic mass is 127. The van der Waals surface area contributed by atoms with Crippen LogP contribution in [0.5, 0.6) is 0 Å².